The number of benzene rings is 3. The number of carbonyl (C=O) groups is 3. The first-order valence-electron chi connectivity index (χ1n) is 14.4. The van der Waals surface area contributed by atoms with E-state index < -0.39 is 35.0 Å². The molecule has 0 saturated carbocycles. The minimum absolute atomic E-state index is 0.116. The van der Waals surface area contributed by atoms with Crippen LogP contribution in [0.1, 0.15) is 44.4 Å². The third kappa shape index (κ3) is 8.06. The monoisotopic (exact) mass is 600 g/mol. The number of aliphatic imine (C=N–C) groups is 1. The van der Waals surface area contributed by atoms with Crippen molar-refractivity contribution in [2.75, 3.05) is 20.1 Å². The highest BCUT2D eigenvalue weighted by Gasteiger charge is 2.43. The number of nitrogens with zero attached hydrogens (tertiary/aromatic N) is 4. The summed E-state index contributed by atoms with van der Waals surface area (Å²) in [7, 11) is 1.69. The third-order valence-electron chi connectivity index (χ3n) is 7.20. The number of para-hydroxylation sites is 1. The van der Waals surface area contributed by atoms with E-state index in [1.54, 1.807) is 38.8 Å². The van der Waals surface area contributed by atoms with Gasteiger partial charge in [-0.15, -0.1) is 0 Å². The molecule has 1 aliphatic heterocycles. The summed E-state index contributed by atoms with van der Waals surface area (Å²) in [6, 6.07) is 21.2. The number of non-ortho nitro benzene ring substituents is 1. The molecule has 0 radical (unpaired) electrons. The van der Waals surface area contributed by atoms with Crippen molar-refractivity contribution in [1.29, 1.82) is 0 Å². The standard InChI is InChI=1S/C33H36N4O7/c1-22(2)43-32(39)30-23(3)34-33(40)36(31(30)25-12-9-13-26(21-25)37(41)42)18-10-17-35(4)29(38)20-24-11-8-16-28(19-24)44-27-14-6-5-7-15-27/h5-9,11-16,19,21-22,30-31H,10,17-18,20H2,1-4H3. The van der Waals surface area contributed by atoms with Crippen molar-refractivity contribution in [2.45, 2.75) is 45.8 Å². The zero-order valence-corrected chi connectivity index (χ0v) is 25.2. The molecular formula is C33H36N4O7. The Morgan fingerprint density at radius 1 is 1.02 bits per heavy atom. The Hall–Kier alpha value is -5.06. The summed E-state index contributed by atoms with van der Waals surface area (Å²) in [5.41, 5.74) is 1.34. The summed E-state index contributed by atoms with van der Waals surface area (Å²) in [6.45, 7) is 5.51. The van der Waals surface area contributed by atoms with Crippen LogP contribution in [0.15, 0.2) is 83.9 Å². The summed E-state index contributed by atoms with van der Waals surface area (Å²) < 4.78 is 11.4. The first kappa shape index (κ1) is 31.9. The lowest BCUT2D eigenvalue weighted by Crippen LogP contribution is -2.48. The van der Waals surface area contributed by atoms with Crippen LogP contribution >= 0.6 is 0 Å². The first-order valence-corrected chi connectivity index (χ1v) is 14.4. The van der Waals surface area contributed by atoms with Gasteiger partial charge in [-0.2, -0.15) is 0 Å². The van der Waals surface area contributed by atoms with Gasteiger partial charge in [0.15, 0.2) is 0 Å². The Morgan fingerprint density at radius 3 is 2.43 bits per heavy atom. The van der Waals surface area contributed by atoms with Gasteiger partial charge in [-0.25, -0.2) is 9.79 Å². The normalized spacial score (nSPS) is 16.3. The lowest BCUT2D eigenvalue weighted by molar-refractivity contribution is -0.385. The number of amides is 3. The largest absolute Gasteiger partial charge is 0.462 e. The molecule has 0 bridgehead atoms. The van der Waals surface area contributed by atoms with Crippen molar-refractivity contribution in [2.24, 2.45) is 10.9 Å². The second kappa shape index (κ2) is 14.4. The SMILES string of the molecule is CC1=NC(=O)N(CCCN(C)C(=O)Cc2cccc(Oc3ccccc3)c2)C(c2cccc([N+](=O)[O-])c2)C1C(=O)OC(C)C. The van der Waals surface area contributed by atoms with E-state index in [9.17, 15) is 24.5 Å². The number of hydrogen-bond acceptors (Lipinski definition) is 7. The number of rotatable bonds is 12. The fourth-order valence-corrected chi connectivity index (χ4v) is 5.10. The molecule has 3 aromatic carbocycles. The van der Waals surface area contributed by atoms with Crippen molar-refractivity contribution in [1.82, 2.24) is 9.80 Å². The van der Waals surface area contributed by atoms with Crippen molar-refractivity contribution < 1.29 is 28.8 Å². The van der Waals surface area contributed by atoms with Crippen molar-refractivity contribution in [3.8, 4) is 11.5 Å². The van der Waals surface area contributed by atoms with Crippen molar-refractivity contribution >= 4 is 29.3 Å². The first-order chi connectivity index (χ1) is 21.0. The number of nitro groups is 1. The Kier molecular flexibility index (Phi) is 10.4. The van der Waals surface area contributed by atoms with E-state index in [2.05, 4.69) is 4.99 Å². The van der Waals surface area contributed by atoms with Crippen LogP contribution in [0, 0.1) is 16.0 Å². The average molecular weight is 601 g/mol. The number of esters is 1. The molecule has 11 nitrogen and oxygen atoms in total. The maximum atomic E-state index is 13.2. The van der Waals surface area contributed by atoms with Crippen LogP contribution in [0.25, 0.3) is 0 Å². The molecule has 1 heterocycles. The molecule has 2 unspecified atom stereocenters. The van der Waals surface area contributed by atoms with Crippen LogP contribution in [-0.2, 0) is 20.7 Å². The zero-order valence-electron chi connectivity index (χ0n) is 25.2. The maximum Gasteiger partial charge on any atom is 0.344 e. The van der Waals surface area contributed by atoms with E-state index in [1.165, 1.54) is 23.1 Å². The molecule has 2 atom stereocenters. The lowest BCUT2D eigenvalue weighted by Gasteiger charge is -2.39. The van der Waals surface area contributed by atoms with E-state index >= 15 is 0 Å². The predicted molar refractivity (Wildman–Crippen MR) is 165 cm³/mol. The van der Waals surface area contributed by atoms with E-state index in [1.807, 2.05) is 54.6 Å². The molecular weight excluding hydrogens is 564 g/mol. The molecule has 11 heteroatoms. The van der Waals surface area contributed by atoms with Gasteiger partial charge in [-0.3, -0.25) is 19.7 Å². The van der Waals surface area contributed by atoms with Gasteiger partial charge in [-0.05, 0) is 62.6 Å². The van der Waals surface area contributed by atoms with E-state index in [-0.39, 0.29) is 30.3 Å². The molecule has 0 aliphatic carbocycles. The van der Waals surface area contributed by atoms with Gasteiger partial charge in [0.1, 0.15) is 17.4 Å². The molecule has 3 aromatic rings. The van der Waals surface area contributed by atoms with Crippen LogP contribution in [-0.4, -0.2) is 64.6 Å². The quantitative estimate of drug-likeness (QED) is 0.142. The van der Waals surface area contributed by atoms with Gasteiger partial charge in [0.25, 0.3) is 5.69 Å². The molecule has 0 fully saturated rings. The number of carbonyl (C=O) groups excluding carboxylic acids is 3. The Balaban J connectivity index is 1.46. The van der Waals surface area contributed by atoms with Crippen molar-refractivity contribution in [3.63, 3.8) is 0 Å². The number of nitro benzene ring substituents is 1. The molecule has 0 aromatic heterocycles. The summed E-state index contributed by atoms with van der Waals surface area (Å²) in [5.74, 6) is -0.304. The Labute approximate surface area is 256 Å². The lowest BCUT2D eigenvalue weighted by atomic mass is 9.86. The van der Waals surface area contributed by atoms with Gasteiger partial charge in [-0.1, -0.05) is 42.5 Å². The molecule has 230 valence electrons. The van der Waals surface area contributed by atoms with E-state index in [0.717, 1.165) is 5.56 Å². The van der Waals surface area contributed by atoms with Crippen LogP contribution in [0.5, 0.6) is 11.5 Å². The highest BCUT2D eigenvalue weighted by Crippen LogP contribution is 2.36. The second-order valence-electron chi connectivity index (χ2n) is 10.9. The second-order valence-corrected chi connectivity index (χ2v) is 10.9. The minimum Gasteiger partial charge on any atom is -0.462 e. The molecule has 0 N–H and O–H groups in total. The third-order valence-corrected chi connectivity index (χ3v) is 7.20. The van der Waals surface area contributed by atoms with Gasteiger partial charge >= 0.3 is 12.0 Å². The Morgan fingerprint density at radius 2 is 1.73 bits per heavy atom. The van der Waals surface area contributed by atoms with E-state index in [4.69, 9.17) is 9.47 Å². The Bertz CT molecular complexity index is 1540. The summed E-state index contributed by atoms with van der Waals surface area (Å²) in [4.78, 5) is 57.6. The van der Waals surface area contributed by atoms with Gasteiger partial charge in [0, 0.05) is 38.0 Å². The van der Waals surface area contributed by atoms with Gasteiger partial charge in [0.2, 0.25) is 5.91 Å². The highest BCUT2D eigenvalue weighted by atomic mass is 16.6. The van der Waals surface area contributed by atoms with Gasteiger partial charge < -0.3 is 19.3 Å². The molecule has 0 spiro atoms. The smallest absolute Gasteiger partial charge is 0.344 e. The summed E-state index contributed by atoms with van der Waals surface area (Å²) in [6.07, 6.45) is 0.142. The van der Waals surface area contributed by atoms with Crippen LogP contribution in [0.3, 0.4) is 0 Å². The van der Waals surface area contributed by atoms with E-state index in [0.29, 0.717) is 30.0 Å². The fourth-order valence-electron chi connectivity index (χ4n) is 5.10. The van der Waals surface area contributed by atoms with Crippen LogP contribution in [0.4, 0.5) is 10.5 Å². The minimum atomic E-state index is -0.943. The molecule has 0 saturated heterocycles. The maximum absolute atomic E-state index is 13.2. The number of ether oxygens (including phenoxy) is 2. The van der Waals surface area contributed by atoms with Crippen molar-refractivity contribution in [3.05, 3.63) is 100 Å². The average Bonchev–Trinajstić information content (AvgIpc) is 2.98. The molecule has 4 rings (SSSR count). The zero-order chi connectivity index (χ0) is 31.8. The number of likely N-dealkylation sites (N-methyl/N-ethyl adjacent to an activating group) is 1. The van der Waals surface area contributed by atoms with Crippen LogP contribution < -0.4 is 4.74 Å². The fraction of sp³-hybridized carbons (Fsp3) is 0.333. The van der Waals surface area contributed by atoms with Gasteiger partial charge in [0.05, 0.1) is 23.5 Å². The molecule has 3 amide bonds. The predicted octanol–water partition coefficient (Wildman–Crippen LogP) is 5.98. The summed E-state index contributed by atoms with van der Waals surface area (Å²) in [5, 5.41) is 11.5. The number of hydrogen-bond donors (Lipinski definition) is 0. The van der Waals surface area contributed by atoms with Crippen LogP contribution in [0.2, 0.25) is 0 Å². The number of urea groups is 1. The summed E-state index contributed by atoms with van der Waals surface area (Å²) >= 11 is 0. The molecule has 1 aliphatic rings. The topological polar surface area (TPSA) is 132 Å². The highest BCUT2D eigenvalue weighted by molar-refractivity contribution is 6.08. The molecule has 44 heavy (non-hydrogen) atoms.